The molecule has 0 aliphatic carbocycles. The second-order valence-corrected chi connectivity index (χ2v) is 6.89. The third-order valence-electron chi connectivity index (χ3n) is 3.45. The Labute approximate surface area is 152 Å². The van der Waals surface area contributed by atoms with Crippen molar-refractivity contribution < 1.29 is 27.4 Å². The number of carbonyl (C=O) groups is 1. The van der Waals surface area contributed by atoms with Crippen LogP contribution in [0.25, 0.3) is 5.69 Å². The Balaban J connectivity index is 2.00. The molecule has 0 aliphatic heterocycles. The summed E-state index contributed by atoms with van der Waals surface area (Å²) in [6, 6.07) is 11.6. The van der Waals surface area contributed by atoms with Crippen LogP contribution in [0.3, 0.4) is 0 Å². The second kappa shape index (κ2) is 7.13. The first-order valence-corrected chi connectivity index (χ1v) is 9.00. The number of nitrogens with zero attached hydrogens (tertiary/aromatic N) is 3. The molecule has 0 fully saturated rings. The quantitative estimate of drug-likeness (QED) is 0.645. The molecule has 2 aromatic carbocycles. The van der Waals surface area contributed by atoms with E-state index in [2.05, 4.69) is 10.1 Å². The Hall–Kier alpha value is -3.31. The summed E-state index contributed by atoms with van der Waals surface area (Å²) in [6.45, 7) is -0.194. The SMILES string of the molecule is NS(=O)(=O)c1ccc(-n2nc(C(=O)O)nc2COc2ccccc2)c(F)c1. The van der Waals surface area contributed by atoms with E-state index in [1.54, 1.807) is 30.3 Å². The summed E-state index contributed by atoms with van der Waals surface area (Å²) in [7, 11) is -4.09. The Morgan fingerprint density at radius 3 is 2.52 bits per heavy atom. The zero-order valence-corrected chi connectivity index (χ0v) is 14.4. The normalized spacial score (nSPS) is 11.3. The monoisotopic (exact) mass is 392 g/mol. The van der Waals surface area contributed by atoms with Crippen molar-refractivity contribution >= 4 is 16.0 Å². The number of sulfonamides is 1. The third-order valence-corrected chi connectivity index (χ3v) is 4.36. The Morgan fingerprint density at radius 1 is 1.22 bits per heavy atom. The van der Waals surface area contributed by atoms with E-state index in [-0.39, 0.29) is 18.1 Å². The molecule has 0 atom stereocenters. The molecule has 0 amide bonds. The van der Waals surface area contributed by atoms with Gasteiger partial charge in [0.1, 0.15) is 23.9 Å². The van der Waals surface area contributed by atoms with Gasteiger partial charge in [0, 0.05) is 0 Å². The molecule has 0 aliphatic rings. The molecule has 0 spiro atoms. The minimum atomic E-state index is -4.09. The molecule has 0 radical (unpaired) electrons. The lowest BCUT2D eigenvalue weighted by Gasteiger charge is -2.09. The predicted molar refractivity (Wildman–Crippen MR) is 90.4 cm³/mol. The van der Waals surface area contributed by atoms with Crippen LogP contribution >= 0.6 is 0 Å². The van der Waals surface area contributed by atoms with Gasteiger partial charge >= 0.3 is 5.97 Å². The highest BCUT2D eigenvalue weighted by Crippen LogP contribution is 2.20. The van der Waals surface area contributed by atoms with E-state index < -0.39 is 32.5 Å². The number of rotatable bonds is 6. The first kappa shape index (κ1) is 18.5. The summed E-state index contributed by atoms with van der Waals surface area (Å²) in [5.74, 6) is -2.43. The van der Waals surface area contributed by atoms with E-state index in [1.165, 1.54) is 0 Å². The molecule has 3 N–H and O–H groups in total. The topological polar surface area (TPSA) is 137 Å². The fourth-order valence-corrected chi connectivity index (χ4v) is 2.75. The number of primary sulfonamides is 1. The van der Waals surface area contributed by atoms with Crippen LogP contribution in [0.15, 0.2) is 53.4 Å². The number of halogens is 1. The highest BCUT2D eigenvalue weighted by Gasteiger charge is 2.20. The first-order valence-electron chi connectivity index (χ1n) is 7.45. The van der Waals surface area contributed by atoms with Gasteiger partial charge in [-0.2, -0.15) is 0 Å². The molecule has 0 saturated carbocycles. The van der Waals surface area contributed by atoms with Crippen LogP contribution in [-0.2, 0) is 16.6 Å². The number of aromatic carboxylic acids is 1. The standard InChI is InChI=1S/C16H13FN4O5S/c17-12-8-11(27(18,24)25)6-7-13(12)21-14(19-15(20-21)16(22)23)9-26-10-4-2-1-3-5-10/h1-8H,9H2,(H,22,23)(H2,18,24,25). The number of ether oxygens (including phenoxy) is 1. The molecule has 1 aromatic heterocycles. The van der Waals surface area contributed by atoms with Crippen LogP contribution in [0.2, 0.25) is 0 Å². The molecule has 9 nitrogen and oxygen atoms in total. The first-order chi connectivity index (χ1) is 12.8. The summed E-state index contributed by atoms with van der Waals surface area (Å²) in [6.07, 6.45) is 0. The van der Waals surface area contributed by atoms with Crippen LogP contribution in [-0.4, -0.2) is 34.3 Å². The summed E-state index contributed by atoms with van der Waals surface area (Å²) < 4.78 is 43.5. The Bertz CT molecular complexity index is 1100. The Morgan fingerprint density at radius 2 is 1.93 bits per heavy atom. The zero-order chi connectivity index (χ0) is 19.6. The fourth-order valence-electron chi connectivity index (χ4n) is 2.22. The van der Waals surface area contributed by atoms with E-state index in [0.717, 1.165) is 16.8 Å². The maximum absolute atomic E-state index is 14.4. The van der Waals surface area contributed by atoms with Gasteiger partial charge in [0.05, 0.1) is 4.90 Å². The van der Waals surface area contributed by atoms with Crippen molar-refractivity contribution in [2.75, 3.05) is 0 Å². The number of para-hydroxylation sites is 1. The van der Waals surface area contributed by atoms with Crippen LogP contribution < -0.4 is 9.88 Å². The number of nitrogens with two attached hydrogens (primary N) is 1. The highest BCUT2D eigenvalue weighted by atomic mass is 32.2. The average molecular weight is 392 g/mol. The van der Waals surface area contributed by atoms with Crippen LogP contribution in [0.4, 0.5) is 4.39 Å². The molecule has 3 aromatic rings. The van der Waals surface area contributed by atoms with Gasteiger partial charge in [-0.25, -0.2) is 32.4 Å². The maximum Gasteiger partial charge on any atom is 0.375 e. The van der Waals surface area contributed by atoms with Crippen LogP contribution in [0, 0.1) is 5.82 Å². The van der Waals surface area contributed by atoms with Gasteiger partial charge in [-0.05, 0) is 30.3 Å². The van der Waals surface area contributed by atoms with Gasteiger partial charge in [-0.3, -0.25) is 0 Å². The van der Waals surface area contributed by atoms with Gasteiger partial charge in [0.15, 0.2) is 5.82 Å². The fraction of sp³-hybridized carbons (Fsp3) is 0.0625. The number of carboxylic acid groups (broad SMARTS) is 1. The molecule has 0 bridgehead atoms. The smallest absolute Gasteiger partial charge is 0.375 e. The van der Waals surface area contributed by atoms with Crippen molar-refractivity contribution in [3.8, 4) is 11.4 Å². The van der Waals surface area contributed by atoms with E-state index >= 15 is 0 Å². The largest absolute Gasteiger partial charge is 0.486 e. The molecule has 140 valence electrons. The van der Waals surface area contributed by atoms with Gasteiger partial charge in [-0.1, -0.05) is 18.2 Å². The zero-order valence-electron chi connectivity index (χ0n) is 13.6. The van der Waals surface area contributed by atoms with Crippen molar-refractivity contribution in [3.05, 3.63) is 66.0 Å². The summed E-state index contributed by atoms with van der Waals surface area (Å²) >= 11 is 0. The third kappa shape index (κ3) is 4.10. The number of carboxylic acids is 1. The van der Waals surface area contributed by atoms with Crippen molar-refractivity contribution in [1.82, 2.24) is 14.8 Å². The number of hydrogen-bond acceptors (Lipinski definition) is 6. The van der Waals surface area contributed by atoms with E-state index in [1.807, 2.05) is 0 Å². The Kier molecular flexibility index (Phi) is 4.88. The molecule has 1 heterocycles. The number of benzene rings is 2. The predicted octanol–water partition coefficient (Wildman–Crippen LogP) is 1.33. The molecule has 3 rings (SSSR count). The minimum Gasteiger partial charge on any atom is -0.486 e. The van der Waals surface area contributed by atoms with Crippen LogP contribution in [0.5, 0.6) is 5.75 Å². The van der Waals surface area contributed by atoms with E-state index in [4.69, 9.17) is 15.0 Å². The molecular formula is C16H13FN4O5S. The molecule has 0 unspecified atom stereocenters. The van der Waals surface area contributed by atoms with Gasteiger partial charge in [-0.15, -0.1) is 5.10 Å². The van der Waals surface area contributed by atoms with Crippen molar-refractivity contribution in [3.63, 3.8) is 0 Å². The number of hydrogen-bond donors (Lipinski definition) is 2. The van der Waals surface area contributed by atoms with Crippen molar-refractivity contribution in [1.29, 1.82) is 0 Å². The van der Waals surface area contributed by atoms with Crippen LogP contribution in [0.1, 0.15) is 16.4 Å². The summed E-state index contributed by atoms with van der Waals surface area (Å²) in [5, 5.41) is 17.8. The minimum absolute atomic E-state index is 0.0125. The average Bonchev–Trinajstić information content (AvgIpc) is 3.04. The lowest BCUT2D eigenvalue weighted by molar-refractivity contribution is 0.0683. The molecule has 11 heteroatoms. The number of aromatic nitrogens is 3. The van der Waals surface area contributed by atoms with Gasteiger partial charge in [0.2, 0.25) is 10.0 Å². The summed E-state index contributed by atoms with van der Waals surface area (Å²) in [5.41, 5.74) is -0.200. The second-order valence-electron chi connectivity index (χ2n) is 5.33. The molecular weight excluding hydrogens is 379 g/mol. The lowest BCUT2D eigenvalue weighted by atomic mass is 10.3. The van der Waals surface area contributed by atoms with E-state index in [0.29, 0.717) is 11.8 Å². The van der Waals surface area contributed by atoms with Crippen molar-refractivity contribution in [2.24, 2.45) is 5.14 Å². The molecule has 27 heavy (non-hydrogen) atoms. The summed E-state index contributed by atoms with van der Waals surface area (Å²) in [4.78, 5) is 14.6. The van der Waals surface area contributed by atoms with E-state index in [9.17, 15) is 17.6 Å². The van der Waals surface area contributed by atoms with Gasteiger partial charge < -0.3 is 9.84 Å². The maximum atomic E-state index is 14.4. The lowest BCUT2D eigenvalue weighted by Crippen LogP contribution is -2.14. The molecule has 0 saturated heterocycles. The van der Waals surface area contributed by atoms with Gasteiger partial charge in [0.25, 0.3) is 5.82 Å². The highest BCUT2D eigenvalue weighted by molar-refractivity contribution is 7.89. The van der Waals surface area contributed by atoms with Crippen molar-refractivity contribution in [2.45, 2.75) is 11.5 Å².